The highest BCUT2D eigenvalue weighted by Crippen LogP contribution is 2.08. The van der Waals surface area contributed by atoms with Gasteiger partial charge in [-0.05, 0) is 20.3 Å². The minimum atomic E-state index is -0.139. The molecular formula is C5H15NO2. The maximum Gasteiger partial charge on any atom is 0.0835 e. The van der Waals surface area contributed by atoms with E-state index < -0.39 is 0 Å². The highest BCUT2D eigenvalue weighted by atomic mass is 16.6. The molecule has 8 heavy (non-hydrogen) atoms. The minimum absolute atomic E-state index is 0. The summed E-state index contributed by atoms with van der Waals surface area (Å²) in [5.41, 5.74) is -0.139. The second-order valence-electron chi connectivity index (χ2n) is 2.23. The average molecular weight is 121 g/mol. The summed E-state index contributed by atoms with van der Waals surface area (Å²) in [6.45, 7) is 5.94. The molecule has 52 valence electrons. The Kier molecular flexibility index (Phi) is 5.17. The van der Waals surface area contributed by atoms with Crippen LogP contribution in [-0.4, -0.2) is 11.1 Å². The van der Waals surface area contributed by atoms with Crippen molar-refractivity contribution in [2.45, 2.75) is 32.8 Å². The summed E-state index contributed by atoms with van der Waals surface area (Å²) in [5.74, 6) is 4.92. The van der Waals surface area contributed by atoms with Crippen LogP contribution in [0.2, 0.25) is 0 Å². The number of hydrogen-bond donors (Lipinski definition) is 1. The third-order valence-electron chi connectivity index (χ3n) is 1.17. The van der Waals surface area contributed by atoms with Gasteiger partial charge >= 0.3 is 0 Å². The topological polar surface area (TPSA) is 66.8 Å². The Bertz CT molecular complexity index is 48.4. The van der Waals surface area contributed by atoms with Gasteiger partial charge in [0.25, 0.3) is 0 Å². The molecule has 0 bridgehead atoms. The summed E-state index contributed by atoms with van der Waals surface area (Å²) in [7, 11) is 0. The predicted octanol–water partition coefficient (Wildman–Crippen LogP) is 0.241. The number of nitrogens with two attached hydrogens (primary N) is 1. The van der Waals surface area contributed by atoms with E-state index in [1.807, 2.05) is 20.8 Å². The fraction of sp³-hybridized carbons (Fsp3) is 1.00. The van der Waals surface area contributed by atoms with Gasteiger partial charge in [-0.25, -0.2) is 5.90 Å². The van der Waals surface area contributed by atoms with Crippen molar-refractivity contribution in [3.8, 4) is 0 Å². The minimum Gasteiger partial charge on any atom is -0.412 e. The van der Waals surface area contributed by atoms with E-state index in [1.54, 1.807) is 0 Å². The first-order chi connectivity index (χ1) is 3.12. The molecule has 0 atom stereocenters. The van der Waals surface area contributed by atoms with Gasteiger partial charge < -0.3 is 5.48 Å². The predicted molar refractivity (Wildman–Crippen MR) is 33.3 cm³/mol. The lowest BCUT2D eigenvalue weighted by Crippen LogP contribution is -2.26. The number of rotatable bonds is 2. The monoisotopic (exact) mass is 121 g/mol. The van der Waals surface area contributed by atoms with Crippen molar-refractivity contribution >= 4 is 0 Å². The van der Waals surface area contributed by atoms with E-state index in [1.165, 1.54) is 0 Å². The summed E-state index contributed by atoms with van der Waals surface area (Å²) in [4.78, 5) is 4.59. The molecule has 0 unspecified atom stereocenters. The van der Waals surface area contributed by atoms with Crippen LogP contribution in [0, 0.1) is 0 Å². The maximum atomic E-state index is 4.92. The molecule has 0 rings (SSSR count). The van der Waals surface area contributed by atoms with E-state index in [0.717, 1.165) is 6.42 Å². The summed E-state index contributed by atoms with van der Waals surface area (Å²) >= 11 is 0. The smallest absolute Gasteiger partial charge is 0.0835 e. The zero-order chi connectivity index (χ0) is 5.91. The van der Waals surface area contributed by atoms with Crippen LogP contribution >= 0.6 is 0 Å². The van der Waals surface area contributed by atoms with Gasteiger partial charge in [0, 0.05) is 0 Å². The Morgan fingerprint density at radius 2 is 1.88 bits per heavy atom. The van der Waals surface area contributed by atoms with E-state index in [4.69, 9.17) is 5.90 Å². The fourth-order valence-corrected chi connectivity index (χ4v) is 0.0833. The molecular weight excluding hydrogens is 106 g/mol. The van der Waals surface area contributed by atoms with Crippen LogP contribution < -0.4 is 5.90 Å². The van der Waals surface area contributed by atoms with Crippen LogP contribution in [0.15, 0.2) is 0 Å². The van der Waals surface area contributed by atoms with Gasteiger partial charge in [-0.1, -0.05) is 6.92 Å². The highest BCUT2D eigenvalue weighted by Gasteiger charge is 2.12. The van der Waals surface area contributed by atoms with Crippen LogP contribution in [0.1, 0.15) is 27.2 Å². The Hall–Kier alpha value is -0.120. The molecule has 3 heteroatoms. The van der Waals surface area contributed by atoms with Gasteiger partial charge in [0.2, 0.25) is 0 Å². The summed E-state index contributed by atoms with van der Waals surface area (Å²) in [6, 6.07) is 0. The molecule has 0 aliphatic heterocycles. The van der Waals surface area contributed by atoms with Crippen LogP contribution in [0.4, 0.5) is 0 Å². The first-order valence-electron chi connectivity index (χ1n) is 2.50. The third-order valence-corrected chi connectivity index (χ3v) is 1.17. The van der Waals surface area contributed by atoms with E-state index in [-0.39, 0.29) is 11.1 Å². The SMILES string of the molecule is CCC(C)(C)ON.O. The van der Waals surface area contributed by atoms with Gasteiger partial charge in [-0.2, -0.15) is 0 Å². The van der Waals surface area contributed by atoms with Crippen molar-refractivity contribution in [1.29, 1.82) is 0 Å². The molecule has 4 N–H and O–H groups in total. The first kappa shape index (κ1) is 10.8. The van der Waals surface area contributed by atoms with Gasteiger partial charge in [-0.15, -0.1) is 0 Å². The molecule has 0 saturated heterocycles. The lowest BCUT2D eigenvalue weighted by molar-refractivity contribution is -0.0217. The second-order valence-corrected chi connectivity index (χ2v) is 2.23. The Morgan fingerprint density at radius 3 is 1.88 bits per heavy atom. The molecule has 0 aromatic carbocycles. The molecule has 0 radical (unpaired) electrons. The molecule has 0 fully saturated rings. The van der Waals surface area contributed by atoms with Crippen LogP contribution in [0.3, 0.4) is 0 Å². The zero-order valence-electron chi connectivity index (χ0n) is 5.69. The average Bonchev–Trinajstić information content (AvgIpc) is 1.68. The van der Waals surface area contributed by atoms with Crippen LogP contribution in [0.5, 0.6) is 0 Å². The molecule has 3 nitrogen and oxygen atoms in total. The van der Waals surface area contributed by atoms with Crippen LogP contribution in [0.25, 0.3) is 0 Å². The van der Waals surface area contributed by atoms with Gasteiger partial charge in [0.15, 0.2) is 0 Å². The largest absolute Gasteiger partial charge is 0.412 e. The normalized spacial score (nSPS) is 10.5. The van der Waals surface area contributed by atoms with Crippen molar-refractivity contribution < 1.29 is 10.3 Å². The molecule has 0 aromatic heterocycles. The number of hydrogen-bond acceptors (Lipinski definition) is 2. The molecule has 0 spiro atoms. The van der Waals surface area contributed by atoms with Crippen molar-refractivity contribution in [3.05, 3.63) is 0 Å². The molecule has 0 amide bonds. The summed E-state index contributed by atoms with van der Waals surface area (Å²) < 4.78 is 0. The van der Waals surface area contributed by atoms with Crippen LogP contribution in [-0.2, 0) is 4.84 Å². The van der Waals surface area contributed by atoms with Crippen molar-refractivity contribution in [3.63, 3.8) is 0 Å². The lowest BCUT2D eigenvalue weighted by atomic mass is 10.1. The Morgan fingerprint density at radius 1 is 1.50 bits per heavy atom. The molecule has 0 aliphatic carbocycles. The maximum absolute atomic E-state index is 4.92. The second kappa shape index (κ2) is 3.83. The fourth-order valence-electron chi connectivity index (χ4n) is 0.0833. The molecule has 0 aromatic rings. The van der Waals surface area contributed by atoms with Crippen molar-refractivity contribution in [2.24, 2.45) is 5.90 Å². The van der Waals surface area contributed by atoms with E-state index in [2.05, 4.69) is 4.84 Å². The molecule has 0 saturated carbocycles. The Balaban J connectivity index is 0. The van der Waals surface area contributed by atoms with Gasteiger partial charge in [-0.3, -0.25) is 4.84 Å². The van der Waals surface area contributed by atoms with E-state index in [0.29, 0.717) is 0 Å². The highest BCUT2D eigenvalue weighted by molar-refractivity contribution is 4.62. The summed E-state index contributed by atoms with van der Waals surface area (Å²) in [5, 5.41) is 0. The summed E-state index contributed by atoms with van der Waals surface area (Å²) in [6.07, 6.45) is 0.948. The quantitative estimate of drug-likeness (QED) is 0.532. The van der Waals surface area contributed by atoms with Gasteiger partial charge in [0.1, 0.15) is 0 Å². The first-order valence-corrected chi connectivity index (χ1v) is 2.50. The zero-order valence-corrected chi connectivity index (χ0v) is 5.69. The Labute approximate surface area is 50.1 Å². The molecule has 0 heterocycles. The van der Waals surface area contributed by atoms with Gasteiger partial charge in [0.05, 0.1) is 5.60 Å². The standard InChI is InChI=1S/C5H13NO.H2O/c1-4-5(2,3)7-6;/h4,6H2,1-3H3;1H2. The molecule has 0 aliphatic rings. The third kappa shape index (κ3) is 4.05. The lowest BCUT2D eigenvalue weighted by Gasteiger charge is -2.18. The van der Waals surface area contributed by atoms with Crippen molar-refractivity contribution in [1.82, 2.24) is 0 Å². The van der Waals surface area contributed by atoms with Crippen molar-refractivity contribution in [2.75, 3.05) is 0 Å². The van der Waals surface area contributed by atoms with E-state index in [9.17, 15) is 0 Å². The van der Waals surface area contributed by atoms with E-state index >= 15 is 0 Å².